The fraction of sp³-hybridized carbons (Fsp3) is 0.200. The normalized spacial score (nSPS) is 9.87. The van der Waals surface area contributed by atoms with Gasteiger partial charge in [-0.25, -0.2) is 9.59 Å². The number of rotatable bonds is 6. The minimum Gasteiger partial charge on any atom is -0.497 e. The minimum absolute atomic E-state index is 0.0507. The molecule has 10 nitrogen and oxygen atoms in total. The van der Waals surface area contributed by atoms with E-state index in [1.165, 1.54) is 45.6 Å². The summed E-state index contributed by atoms with van der Waals surface area (Å²) in [4.78, 5) is 48.5. The number of hydrogen-bond acceptors (Lipinski definition) is 8. The van der Waals surface area contributed by atoms with Crippen LogP contribution in [0.3, 0.4) is 0 Å². The maximum atomic E-state index is 12.4. The minimum atomic E-state index is -1.09. The Bertz CT molecular complexity index is 987. The largest absolute Gasteiger partial charge is 0.497 e. The van der Waals surface area contributed by atoms with Crippen LogP contribution >= 0.6 is 0 Å². The Kier molecular flexibility index (Phi) is 7.34. The lowest BCUT2D eigenvalue weighted by molar-refractivity contribution is -0.133. The van der Waals surface area contributed by atoms with Crippen LogP contribution < -0.4 is 20.1 Å². The number of anilines is 2. The first-order valence-electron chi connectivity index (χ1n) is 8.49. The van der Waals surface area contributed by atoms with Crippen molar-refractivity contribution in [2.45, 2.75) is 0 Å². The van der Waals surface area contributed by atoms with E-state index in [1.54, 1.807) is 12.1 Å². The van der Waals surface area contributed by atoms with Crippen molar-refractivity contribution in [2.75, 3.05) is 39.1 Å². The van der Waals surface area contributed by atoms with E-state index >= 15 is 0 Å². The zero-order valence-corrected chi connectivity index (χ0v) is 16.7. The van der Waals surface area contributed by atoms with Gasteiger partial charge in [-0.3, -0.25) is 9.59 Å². The van der Waals surface area contributed by atoms with Crippen LogP contribution in [0.4, 0.5) is 11.4 Å². The van der Waals surface area contributed by atoms with Crippen molar-refractivity contribution < 1.29 is 38.1 Å². The summed E-state index contributed by atoms with van der Waals surface area (Å²) in [7, 11) is 5.19. The second-order valence-electron chi connectivity index (χ2n) is 5.72. The molecule has 0 bridgehead atoms. The van der Waals surface area contributed by atoms with Crippen LogP contribution in [0, 0.1) is 0 Å². The maximum Gasteiger partial charge on any atom is 0.339 e. The summed E-state index contributed by atoms with van der Waals surface area (Å²) in [6, 6.07) is 8.46. The average molecular weight is 416 g/mol. The summed E-state index contributed by atoms with van der Waals surface area (Å²) in [6.07, 6.45) is 0. The highest BCUT2D eigenvalue weighted by Crippen LogP contribution is 2.29. The van der Waals surface area contributed by atoms with Crippen LogP contribution in [0.1, 0.15) is 20.7 Å². The second-order valence-corrected chi connectivity index (χ2v) is 5.72. The first kappa shape index (κ1) is 22.2. The molecular formula is C20H20N2O8. The van der Waals surface area contributed by atoms with Gasteiger partial charge in [-0.1, -0.05) is 0 Å². The van der Waals surface area contributed by atoms with Crippen molar-refractivity contribution in [1.82, 2.24) is 0 Å². The van der Waals surface area contributed by atoms with E-state index in [4.69, 9.17) is 9.47 Å². The molecule has 0 fully saturated rings. The van der Waals surface area contributed by atoms with Crippen LogP contribution in [-0.4, -0.2) is 52.2 Å². The van der Waals surface area contributed by atoms with Gasteiger partial charge in [0.1, 0.15) is 11.5 Å². The van der Waals surface area contributed by atoms with E-state index in [1.807, 2.05) is 0 Å². The molecule has 0 spiro atoms. The number of hydrogen-bond donors (Lipinski definition) is 2. The standard InChI is InChI=1S/C20H20N2O8/c1-27-12-6-8-16(28-2)15(10-12)22-18(24)17(23)21-14-9-11(19(25)29-3)5-7-13(14)20(26)30-4/h5-10H,1-4H3,(H,21,23)(H,22,24). The van der Waals surface area contributed by atoms with Gasteiger partial charge in [-0.15, -0.1) is 0 Å². The van der Waals surface area contributed by atoms with Crippen molar-refractivity contribution in [3.05, 3.63) is 47.5 Å². The average Bonchev–Trinajstić information content (AvgIpc) is 2.77. The summed E-state index contributed by atoms with van der Waals surface area (Å²) in [6.45, 7) is 0. The molecule has 2 N–H and O–H groups in total. The molecular weight excluding hydrogens is 396 g/mol. The maximum absolute atomic E-state index is 12.4. The summed E-state index contributed by atoms with van der Waals surface area (Å²) in [5.74, 6) is -2.85. The van der Waals surface area contributed by atoms with Gasteiger partial charge in [0, 0.05) is 6.07 Å². The molecule has 0 aliphatic heterocycles. The highest BCUT2D eigenvalue weighted by molar-refractivity contribution is 6.44. The van der Waals surface area contributed by atoms with Crippen LogP contribution in [0.5, 0.6) is 11.5 Å². The predicted octanol–water partition coefficient (Wildman–Crippen LogP) is 1.85. The molecule has 0 aromatic heterocycles. The molecule has 0 unspecified atom stereocenters. The van der Waals surface area contributed by atoms with Gasteiger partial charge >= 0.3 is 23.8 Å². The van der Waals surface area contributed by atoms with E-state index in [9.17, 15) is 19.2 Å². The number of methoxy groups -OCH3 is 4. The third-order valence-electron chi connectivity index (χ3n) is 3.96. The van der Waals surface area contributed by atoms with Gasteiger partial charge in [0.05, 0.1) is 50.9 Å². The number of ether oxygens (including phenoxy) is 4. The van der Waals surface area contributed by atoms with Crippen LogP contribution in [0.25, 0.3) is 0 Å². The lowest BCUT2D eigenvalue weighted by atomic mass is 10.1. The van der Waals surface area contributed by atoms with E-state index in [2.05, 4.69) is 20.1 Å². The molecule has 0 saturated carbocycles. The summed E-state index contributed by atoms with van der Waals surface area (Å²) in [5, 5.41) is 4.70. The molecule has 0 heterocycles. The van der Waals surface area contributed by atoms with Gasteiger partial charge in [0.25, 0.3) is 0 Å². The number of carbonyl (C=O) groups excluding carboxylic acids is 4. The number of carbonyl (C=O) groups is 4. The predicted molar refractivity (Wildman–Crippen MR) is 106 cm³/mol. The number of esters is 2. The highest BCUT2D eigenvalue weighted by atomic mass is 16.5. The van der Waals surface area contributed by atoms with Crippen LogP contribution in [-0.2, 0) is 19.1 Å². The van der Waals surface area contributed by atoms with E-state index in [-0.39, 0.29) is 22.5 Å². The Morgan fingerprint density at radius 1 is 0.700 bits per heavy atom. The van der Waals surface area contributed by atoms with Crippen LogP contribution in [0.15, 0.2) is 36.4 Å². The van der Waals surface area contributed by atoms with Crippen molar-refractivity contribution in [1.29, 1.82) is 0 Å². The topological polar surface area (TPSA) is 129 Å². The quantitative estimate of drug-likeness (QED) is 0.539. The molecule has 2 rings (SSSR count). The van der Waals surface area contributed by atoms with E-state index in [0.717, 1.165) is 7.11 Å². The summed E-state index contributed by atoms with van der Waals surface area (Å²) < 4.78 is 19.5. The third-order valence-corrected chi connectivity index (χ3v) is 3.96. The van der Waals surface area contributed by atoms with Crippen molar-refractivity contribution in [3.63, 3.8) is 0 Å². The van der Waals surface area contributed by atoms with E-state index in [0.29, 0.717) is 11.5 Å². The SMILES string of the molecule is COC(=O)c1ccc(C(=O)OC)c(NC(=O)C(=O)Nc2cc(OC)ccc2OC)c1. The fourth-order valence-electron chi connectivity index (χ4n) is 2.45. The van der Waals surface area contributed by atoms with Gasteiger partial charge in [-0.05, 0) is 30.3 Å². The lowest BCUT2D eigenvalue weighted by Crippen LogP contribution is -2.30. The monoisotopic (exact) mass is 416 g/mol. The number of amides is 2. The van der Waals surface area contributed by atoms with Gasteiger partial charge in [0.15, 0.2) is 0 Å². The molecule has 0 saturated heterocycles. The van der Waals surface area contributed by atoms with Crippen molar-refractivity contribution in [3.8, 4) is 11.5 Å². The number of benzene rings is 2. The van der Waals surface area contributed by atoms with Crippen molar-refractivity contribution in [2.24, 2.45) is 0 Å². The van der Waals surface area contributed by atoms with Gasteiger partial charge < -0.3 is 29.6 Å². The molecule has 2 aromatic carbocycles. The highest BCUT2D eigenvalue weighted by Gasteiger charge is 2.21. The molecule has 158 valence electrons. The Morgan fingerprint density at radius 3 is 1.90 bits per heavy atom. The third kappa shape index (κ3) is 5.04. The molecule has 30 heavy (non-hydrogen) atoms. The van der Waals surface area contributed by atoms with Gasteiger partial charge in [0.2, 0.25) is 0 Å². The molecule has 2 amide bonds. The van der Waals surface area contributed by atoms with Crippen LogP contribution in [0.2, 0.25) is 0 Å². The zero-order chi connectivity index (χ0) is 22.3. The summed E-state index contributed by atoms with van der Waals surface area (Å²) in [5.41, 5.74) is 0.122. The number of nitrogens with one attached hydrogen (secondary N) is 2. The first-order chi connectivity index (χ1) is 14.3. The second kappa shape index (κ2) is 9.92. The fourth-order valence-corrected chi connectivity index (χ4v) is 2.45. The Labute approximate surface area is 172 Å². The Morgan fingerprint density at radius 2 is 1.33 bits per heavy atom. The molecule has 0 atom stereocenters. The Balaban J connectivity index is 2.29. The smallest absolute Gasteiger partial charge is 0.339 e. The Hall–Kier alpha value is -4.08. The zero-order valence-electron chi connectivity index (χ0n) is 16.7. The lowest BCUT2D eigenvalue weighted by Gasteiger charge is -2.13. The van der Waals surface area contributed by atoms with E-state index < -0.39 is 23.8 Å². The molecule has 0 radical (unpaired) electrons. The molecule has 0 aliphatic carbocycles. The van der Waals surface area contributed by atoms with Crippen molar-refractivity contribution >= 4 is 35.1 Å². The molecule has 0 aliphatic rings. The van der Waals surface area contributed by atoms with Gasteiger partial charge in [-0.2, -0.15) is 0 Å². The first-order valence-corrected chi connectivity index (χ1v) is 8.49. The molecule has 10 heteroatoms. The molecule has 2 aromatic rings. The summed E-state index contributed by atoms with van der Waals surface area (Å²) >= 11 is 0.